The number of methoxy groups -OCH3 is 1. The van der Waals surface area contributed by atoms with Crippen LogP contribution in [0.3, 0.4) is 0 Å². The number of carbonyl (C=O) groups is 1. The Hall–Kier alpha value is -1.82. The fourth-order valence-electron chi connectivity index (χ4n) is 2.09. The maximum atomic E-state index is 12.0. The molecule has 0 spiro atoms. The van der Waals surface area contributed by atoms with E-state index in [9.17, 15) is 4.79 Å². The lowest BCUT2D eigenvalue weighted by atomic mass is 10.3. The fraction of sp³-hybridized carbons (Fsp3) is 0.500. The van der Waals surface area contributed by atoms with Gasteiger partial charge in [-0.2, -0.15) is 4.98 Å². The van der Waals surface area contributed by atoms with Crippen molar-refractivity contribution in [1.82, 2.24) is 19.9 Å². The number of aromatic nitrogens is 3. The van der Waals surface area contributed by atoms with Gasteiger partial charge in [0.2, 0.25) is 11.8 Å². The van der Waals surface area contributed by atoms with Gasteiger partial charge < -0.3 is 14.6 Å². The lowest BCUT2D eigenvalue weighted by Crippen LogP contribution is -2.33. The molecule has 2 heterocycles. The SMILES string of the molecule is COc1ccc2nc(C(C)Cl)n(CC(=O)NC(C)C)c2n1. The zero-order chi connectivity index (χ0) is 15.6. The first-order chi connectivity index (χ1) is 9.92. The smallest absolute Gasteiger partial charge is 0.240 e. The van der Waals surface area contributed by atoms with Gasteiger partial charge in [-0.25, -0.2) is 4.98 Å². The molecule has 114 valence electrons. The van der Waals surface area contributed by atoms with E-state index in [1.54, 1.807) is 23.8 Å². The molecule has 6 nitrogen and oxygen atoms in total. The maximum Gasteiger partial charge on any atom is 0.240 e. The first-order valence-electron chi connectivity index (χ1n) is 6.77. The van der Waals surface area contributed by atoms with E-state index in [0.717, 1.165) is 0 Å². The highest BCUT2D eigenvalue weighted by Gasteiger charge is 2.19. The minimum Gasteiger partial charge on any atom is -0.481 e. The lowest BCUT2D eigenvalue weighted by Gasteiger charge is -2.12. The van der Waals surface area contributed by atoms with E-state index >= 15 is 0 Å². The van der Waals surface area contributed by atoms with E-state index in [-0.39, 0.29) is 23.9 Å². The van der Waals surface area contributed by atoms with E-state index in [2.05, 4.69) is 15.3 Å². The van der Waals surface area contributed by atoms with Crippen LogP contribution in [0.15, 0.2) is 12.1 Å². The Morgan fingerprint density at radius 1 is 1.38 bits per heavy atom. The van der Waals surface area contributed by atoms with Crippen LogP contribution in [-0.4, -0.2) is 33.6 Å². The normalized spacial score (nSPS) is 12.7. The van der Waals surface area contributed by atoms with E-state index in [1.165, 1.54) is 0 Å². The molecule has 0 aromatic carbocycles. The average molecular weight is 311 g/mol. The number of nitrogens with zero attached hydrogens (tertiary/aromatic N) is 3. The molecular weight excluding hydrogens is 292 g/mol. The fourth-order valence-corrected chi connectivity index (χ4v) is 2.25. The van der Waals surface area contributed by atoms with Crippen LogP contribution in [0, 0.1) is 0 Å². The van der Waals surface area contributed by atoms with Crippen LogP contribution in [0.4, 0.5) is 0 Å². The van der Waals surface area contributed by atoms with E-state index in [0.29, 0.717) is 22.9 Å². The molecule has 1 amide bonds. The number of nitrogens with one attached hydrogen (secondary N) is 1. The molecule has 0 saturated carbocycles. The third kappa shape index (κ3) is 3.44. The van der Waals surface area contributed by atoms with Crippen molar-refractivity contribution in [2.24, 2.45) is 0 Å². The monoisotopic (exact) mass is 310 g/mol. The van der Waals surface area contributed by atoms with Gasteiger partial charge in [-0.15, -0.1) is 11.6 Å². The van der Waals surface area contributed by atoms with Gasteiger partial charge in [-0.3, -0.25) is 4.79 Å². The number of ether oxygens (including phenoxy) is 1. The Labute approximate surface area is 128 Å². The quantitative estimate of drug-likeness (QED) is 0.860. The number of alkyl halides is 1. The Morgan fingerprint density at radius 3 is 2.67 bits per heavy atom. The zero-order valence-corrected chi connectivity index (χ0v) is 13.3. The van der Waals surface area contributed by atoms with Crippen LogP contribution in [0.2, 0.25) is 0 Å². The summed E-state index contributed by atoms with van der Waals surface area (Å²) in [5, 5.41) is 2.53. The van der Waals surface area contributed by atoms with Gasteiger partial charge in [-0.05, 0) is 26.8 Å². The molecule has 0 aliphatic rings. The molecular formula is C14H19ClN4O2. The highest BCUT2D eigenvalue weighted by atomic mass is 35.5. The van der Waals surface area contributed by atoms with Gasteiger partial charge in [0.05, 0.1) is 12.5 Å². The predicted molar refractivity (Wildman–Crippen MR) is 81.6 cm³/mol. The van der Waals surface area contributed by atoms with Crippen molar-refractivity contribution in [2.45, 2.75) is 38.7 Å². The maximum absolute atomic E-state index is 12.0. The van der Waals surface area contributed by atoms with Gasteiger partial charge in [0.1, 0.15) is 17.9 Å². The summed E-state index contributed by atoms with van der Waals surface area (Å²) in [5.41, 5.74) is 1.28. The second kappa shape index (κ2) is 6.30. The van der Waals surface area contributed by atoms with Gasteiger partial charge in [0.25, 0.3) is 0 Å². The molecule has 0 fully saturated rings. The Morgan fingerprint density at radius 2 is 2.10 bits per heavy atom. The summed E-state index contributed by atoms with van der Waals surface area (Å²) in [6, 6.07) is 3.61. The van der Waals surface area contributed by atoms with Crippen LogP contribution in [-0.2, 0) is 11.3 Å². The van der Waals surface area contributed by atoms with E-state index in [1.807, 2.05) is 20.8 Å². The van der Waals surface area contributed by atoms with Crippen molar-refractivity contribution in [3.05, 3.63) is 18.0 Å². The second-order valence-corrected chi connectivity index (χ2v) is 5.75. The van der Waals surface area contributed by atoms with Crippen LogP contribution in [0.1, 0.15) is 32.0 Å². The second-order valence-electron chi connectivity index (χ2n) is 5.09. The molecule has 0 saturated heterocycles. The molecule has 2 aromatic rings. The van der Waals surface area contributed by atoms with E-state index in [4.69, 9.17) is 16.3 Å². The van der Waals surface area contributed by atoms with Gasteiger partial charge in [-0.1, -0.05) is 0 Å². The Bertz CT molecular complexity index is 652. The summed E-state index contributed by atoms with van der Waals surface area (Å²) < 4.78 is 6.86. The first-order valence-corrected chi connectivity index (χ1v) is 7.20. The largest absolute Gasteiger partial charge is 0.481 e. The Kier molecular flexibility index (Phi) is 4.67. The number of pyridine rings is 1. The molecule has 0 aliphatic heterocycles. The standard InChI is InChI=1S/C14H19ClN4O2/c1-8(2)16-11(20)7-19-13(9(3)15)17-10-5-6-12(21-4)18-14(10)19/h5-6,8-9H,7H2,1-4H3,(H,16,20). The molecule has 2 rings (SSSR count). The van der Waals surface area contributed by atoms with Gasteiger partial charge in [0.15, 0.2) is 5.65 Å². The van der Waals surface area contributed by atoms with Gasteiger partial charge in [0, 0.05) is 12.1 Å². The molecule has 1 N–H and O–H groups in total. The van der Waals surface area contributed by atoms with Crippen LogP contribution in [0.25, 0.3) is 11.2 Å². The average Bonchev–Trinajstić information content (AvgIpc) is 2.76. The van der Waals surface area contributed by atoms with Crippen LogP contribution < -0.4 is 10.1 Å². The van der Waals surface area contributed by atoms with Crippen molar-refractivity contribution in [3.63, 3.8) is 0 Å². The topological polar surface area (TPSA) is 69.0 Å². The minimum absolute atomic E-state index is 0.0756. The number of carbonyl (C=O) groups excluding carboxylic acids is 1. The molecule has 2 aromatic heterocycles. The third-order valence-electron chi connectivity index (χ3n) is 2.91. The number of halogens is 1. The van der Waals surface area contributed by atoms with E-state index < -0.39 is 0 Å². The van der Waals surface area contributed by atoms with Crippen molar-refractivity contribution >= 4 is 28.7 Å². The summed E-state index contributed by atoms with van der Waals surface area (Å²) in [6.07, 6.45) is 0. The summed E-state index contributed by atoms with van der Waals surface area (Å²) in [5.74, 6) is 0.987. The first kappa shape index (κ1) is 15.6. The number of hydrogen-bond acceptors (Lipinski definition) is 4. The number of rotatable bonds is 5. The number of fused-ring (bicyclic) bond motifs is 1. The minimum atomic E-state index is -0.322. The van der Waals surface area contributed by atoms with Crippen LogP contribution >= 0.6 is 11.6 Å². The molecule has 21 heavy (non-hydrogen) atoms. The molecule has 0 radical (unpaired) electrons. The highest BCUT2D eigenvalue weighted by molar-refractivity contribution is 6.20. The van der Waals surface area contributed by atoms with Crippen molar-refractivity contribution < 1.29 is 9.53 Å². The lowest BCUT2D eigenvalue weighted by molar-refractivity contribution is -0.122. The number of amides is 1. The molecule has 0 bridgehead atoms. The van der Waals surface area contributed by atoms with Crippen molar-refractivity contribution in [3.8, 4) is 5.88 Å². The Balaban J connectivity index is 2.46. The third-order valence-corrected chi connectivity index (χ3v) is 3.11. The number of imidazole rings is 1. The van der Waals surface area contributed by atoms with Crippen molar-refractivity contribution in [1.29, 1.82) is 0 Å². The summed E-state index contributed by atoms with van der Waals surface area (Å²) in [4.78, 5) is 20.9. The molecule has 0 aliphatic carbocycles. The van der Waals surface area contributed by atoms with Crippen molar-refractivity contribution in [2.75, 3.05) is 7.11 Å². The molecule has 1 unspecified atom stereocenters. The predicted octanol–water partition coefficient (Wildman–Crippen LogP) is 2.26. The summed E-state index contributed by atoms with van der Waals surface area (Å²) in [7, 11) is 1.55. The molecule has 1 atom stereocenters. The number of hydrogen-bond donors (Lipinski definition) is 1. The summed E-state index contributed by atoms with van der Waals surface area (Å²) >= 11 is 6.17. The zero-order valence-electron chi connectivity index (χ0n) is 12.6. The van der Waals surface area contributed by atoms with Crippen LogP contribution in [0.5, 0.6) is 5.88 Å². The molecule has 7 heteroatoms. The highest BCUT2D eigenvalue weighted by Crippen LogP contribution is 2.24. The van der Waals surface area contributed by atoms with Gasteiger partial charge >= 0.3 is 0 Å². The summed E-state index contributed by atoms with van der Waals surface area (Å²) in [6.45, 7) is 5.77.